The lowest BCUT2D eigenvalue weighted by molar-refractivity contribution is 1.35. The van der Waals surface area contributed by atoms with Crippen LogP contribution in [0.4, 0.5) is 0 Å². The summed E-state index contributed by atoms with van der Waals surface area (Å²) in [5.41, 5.74) is 5.10. The van der Waals surface area contributed by atoms with Crippen LogP contribution in [0.2, 0.25) is 0 Å². The molecule has 0 radical (unpaired) electrons. The summed E-state index contributed by atoms with van der Waals surface area (Å²) in [5.74, 6) is 0. The maximum atomic E-state index is 13.0. The molecule has 3 heterocycles. The number of nitrogens with one attached hydrogen (secondary N) is 3. The lowest BCUT2D eigenvalue weighted by Crippen LogP contribution is -2.06. The minimum Gasteiger partial charge on any atom is -0.354 e. The second-order valence-electron chi connectivity index (χ2n) is 7.65. The Labute approximate surface area is 163 Å². The maximum Gasteiger partial charge on any atom is 0.256 e. The number of hydrogen-bond donors (Lipinski definition) is 3. The van der Waals surface area contributed by atoms with Crippen molar-refractivity contribution >= 4 is 65.3 Å². The predicted octanol–water partition coefficient (Wildman–Crippen LogP) is 5.95. The van der Waals surface area contributed by atoms with Gasteiger partial charge < -0.3 is 15.0 Å². The summed E-state index contributed by atoms with van der Waals surface area (Å²) in [4.78, 5) is 23.1. The second kappa shape index (κ2) is 5.06. The third-order valence-electron chi connectivity index (χ3n) is 6.08. The van der Waals surface area contributed by atoms with Crippen molar-refractivity contribution in [3.05, 3.63) is 83.2 Å². The fourth-order valence-electron chi connectivity index (χ4n) is 4.81. The third kappa shape index (κ3) is 1.85. The second-order valence-corrected chi connectivity index (χ2v) is 7.65. The van der Waals surface area contributed by atoms with Crippen LogP contribution in [0, 0.1) is 0 Å². The first-order chi connectivity index (χ1) is 14.3. The van der Waals surface area contributed by atoms with Crippen LogP contribution in [0.3, 0.4) is 0 Å². The molecule has 3 aromatic heterocycles. The minimum atomic E-state index is -0.0566. The highest BCUT2D eigenvalue weighted by Gasteiger charge is 2.15. The molecule has 0 saturated heterocycles. The molecule has 136 valence electrons. The zero-order valence-electron chi connectivity index (χ0n) is 15.3. The van der Waals surface area contributed by atoms with Gasteiger partial charge in [-0.3, -0.25) is 4.79 Å². The zero-order chi connectivity index (χ0) is 19.1. The Balaban J connectivity index is 1.80. The van der Waals surface area contributed by atoms with E-state index >= 15 is 0 Å². The Morgan fingerprint density at radius 1 is 0.448 bits per heavy atom. The molecule has 0 spiro atoms. The fourth-order valence-corrected chi connectivity index (χ4v) is 4.81. The summed E-state index contributed by atoms with van der Waals surface area (Å²) >= 11 is 0. The average molecular weight is 373 g/mol. The summed E-state index contributed by atoms with van der Waals surface area (Å²) in [7, 11) is 0. The van der Waals surface area contributed by atoms with Crippen LogP contribution < -0.4 is 5.56 Å². The lowest BCUT2D eigenvalue weighted by Gasteiger charge is -2.06. The van der Waals surface area contributed by atoms with Gasteiger partial charge in [0.2, 0.25) is 0 Å². The number of fused-ring (bicyclic) bond motifs is 10. The Morgan fingerprint density at radius 2 is 1.10 bits per heavy atom. The molecule has 7 aromatic rings. The summed E-state index contributed by atoms with van der Waals surface area (Å²) in [6.07, 6.45) is 0. The molecule has 4 nitrogen and oxygen atoms in total. The molecule has 0 aliphatic rings. The van der Waals surface area contributed by atoms with Gasteiger partial charge in [0.25, 0.3) is 5.56 Å². The van der Waals surface area contributed by atoms with Crippen LogP contribution in [-0.4, -0.2) is 15.0 Å². The third-order valence-corrected chi connectivity index (χ3v) is 6.08. The molecule has 0 amide bonds. The average Bonchev–Trinajstić information content (AvgIpc) is 3.30. The number of benzene rings is 4. The standard InChI is InChI=1S/C25H15N3O/c29-25-15-9-10-20-24(14-6-2-4-8-19(14)26-20)23(15)17-12-21-16(11-22(17)28-25)13-5-1-3-7-18(13)27-21/h1-12,26-27H,(H,28,29). The summed E-state index contributed by atoms with van der Waals surface area (Å²) in [6.45, 7) is 0. The molecule has 7 rings (SSSR count). The molecule has 3 N–H and O–H groups in total. The van der Waals surface area contributed by atoms with Gasteiger partial charge in [-0.1, -0.05) is 36.4 Å². The molecular weight excluding hydrogens is 358 g/mol. The number of H-pyrrole nitrogens is 3. The van der Waals surface area contributed by atoms with Crippen molar-refractivity contribution in [2.24, 2.45) is 0 Å². The van der Waals surface area contributed by atoms with E-state index in [0.717, 1.165) is 59.9 Å². The van der Waals surface area contributed by atoms with Crippen LogP contribution in [0.25, 0.3) is 65.3 Å². The molecule has 0 unspecified atom stereocenters. The lowest BCUT2D eigenvalue weighted by atomic mass is 9.99. The van der Waals surface area contributed by atoms with E-state index in [1.54, 1.807) is 0 Å². The van der Waals surface area contributed by atoms with Gasteiger partial charge in [0.1, 0.15) is 0 Å². The van der Waals surface area contributed by atoms with Crippen molar-refractivity contribution in [2.45, 2.75) is 0 Å². The summed E-state index contributed by atoms with van der Waals surface area (Å²) in [5, 5.41) is 7.28. The SMILES string of the molecule is O=c1[nH]c2cc3c(cc2c2c1ccc1[nH]c4ccccc4c12)[nH]c1ccccc13. The Kier molecular flexibility index (Phi) is 2.60. The van der Waals surface area contributed by atoms with Crippen LogP contribution in [0.1, 0.15) is 0 Å². The van der Waals surface area contributed by atoms with Crippen molar-refractivity contribution in [3.8, 4) is 0 Å². The van der Waals surface area contributed by atoms with Gasteiger partial charge in [-0.05, 0) is 36.4 Å². The van der Waals surface area contributed by atoms with Gasteiger partial charge in [-0.15, -0.1) is 0 Å². The quantitative estimate of drug-likeness (QED) is 0.283. The number of para-hydroxylation sites is 2. The number of aromatic nitrogens is 3. The highest BCUT2D eigenvalue weighted by molar-refractivity contribution is 6.28. The van der Waals surface area contributed by atoms with E-state index in [1.165, 1.54) is 0 Å². The first-order valence-electron chi connectivity index (χ1n) is 9.67. The van der Waals surface area contributed by atoms with Crippen LogP contribution >= 0.6 is 0 Å². The monoisotopic (exact) mass is 373 g/mol. The van der Waals surface area contributed by atoms with Gasteiger partial charge in [0.15, 0.2) is 0 Å². The molecule has 0 saturated carbocycles. The first kappa shape index (κ1) is 14.9. The molecule has 0 aliphatic carbocycles. The van der Waals surface area contributed by atoms with Crippen molar-refractivity contribution in [2.75, 3.05) is 0 Å². The Bertz CT molecular complexity index is 1830. The van der Waals surface area contributed by atoms with E-state index in [9.17, 15) is 4.79 Å². The molecular formula is C25H15N3O. The molecule has 0 atom stereocenters. The van der Waals surface area contributed by atoms with Crippen molar-refractivity contribution in [1.29, 1.82) is 0 Å². The number of pyridine rings is 1. The van der Waals surface area contributed by atoms with Crippen LogP contribution in [-0.2, 0) is 0 Å². The van der Waals surface area contributed by atoms with Gasteiger partial charge >= 0.3 is 0 Å². The van der Waals surface area contributed by atoms with Crippen molar-refractivity contribution < 1.29 is 0 Å². The Morgan fingerprint density at radius 3 is 1.97 bits per heavy atom. The summed E-state index contributed by atoms with van der Waals surface area (Å²) in [6, 6.07) is 24.7. The smallest absolute Gasteiger partial charge is 0.256 e. The van der Waals surface area contributed by atoms with Crippen LogP contribution in [0.15, 0.2) is 77.6 Å². The number of rotatable bonds is 0. The maximum absolute atomic E-state index is 13.0. The van der Waals surface area contributed by atoms with E-state index in [1.807, 2.05) is 36.4 Å². The largest absolute Gasteiger partial charge is 0.354 e. The van der Waals surface area contributed by atoms with E-state index in [2.05, 4.69) is 51.4 Å². The highest BCUT2D eigenvalue weighted by Crippen LogP contribution is 2.37. The topological polar surface area (TPSA) is 64.4 Å². The molecule has 0 fully saturated rings. The van der Waals surface area contributed by atoms with Crippen molar-refractivity contribution in [3.63, 3.8) is 0 Å². The molecule has 0 bridgehead atoms. The normalized spacial score (nSPS) is 12.3. The predicted molar refractivity (Wildman–Crippen MR) is 121 cm³/mol. The zero-order valence-corrected chi connectivity index (χ0v) is 15.3. The first-order valence-corrected chi connectivity index (χ1v) is 9.67. The molecule has 29 heavy (non-hydrogen) atoms. The minimum absolute atomic E-state index is 0.0566. The number of hydrogen-bond acceptors (Lipinski definition) is 1. The van der Waals surface area contributed by atoms with Gasteiger partial charge in [-0.25, -0.2) is 0 Å². The van der Waals surface area contributed by atoms with E-state index in [4.69, 9.17) is 0 Å². The molecule has 4 heteroatoms. The van der Waals surface area contributed by atoms with E-state index in [-0.39, 0.29) is 5.56 Å². The number of aromatic amines is 3. The van der Waals surface area contributed by atoms with Gasteiger partial charge in [0.05, 0.1) is 0 Å². The van der Waals surface area contributed by atoms with Crippen molar-refractivity contribution in [1.82, 2.24) is 15.0 Å². The summed E-state index contributed by atoms with van der Waals surface area (Å²) < 4.78 is 0. The van der Waals surface area contributed by atoms with E-state index < -0.39 is 0 Å². The highest BCUT2D eigenvalue weighted by atomic mass is 16.1. The van der Waals surface area contributed by atoms with Gasteiger partial charge in [-0.2, -0.15) is 0 Å². The van der Waals surface area contributed by atoms with E-state index in [0.29, 0.717) is 5.39 Å². The van der Waals surface area contributed by atoms with Crippen LogP contribution in [0.5, 0.6) is 0 Å². The Hall–Kier alpha value is -4.05. The van der Waals surface area contributed by atoms with Gasteiger partial charge in [0, 0.05) is 65.3 Å². The molecule has 0 aliphatic heterocycles. The molecule has 4 aromatic carbocycles. The fraction of sp³-hybridized carbons (Fsp3) is 0.